The highest BCUT2D eigenvalue weighted by atomic mass is 16.2. The molecule has 2 atom stereocenters. The van der Waals surface area contributed by atoms with Crippen LogP contribution in [-0.2, 0) is 0 Å². The van der Waals surface area contributed by atoms with E-state index in [9.17, 15) is 4.79 Å². The Bertz CT molecular complexity index is 652. The molecule has 1 fully saturated rings. The quantitative estimate of drug-likeness (QED) is 0.837. The van der Waals surface area contributed by atoms with Gasteiger partial charge in [-0.3, -0.25) is 4.79 Å². The highest BCUT2D eigenvalue weighted by molar-refractivity contribution is 5.94. The zero-order valence-corrected chi connectivity index (χ0v) is 12.7. The zero-order valence-electron chi connectivity index (χ0n) is 12.7. The van der Waals surface area contributed by atoms with Gasteiger partial charge in [-0.05, 0) is 30.9 Å². The second-order valence-corrected chi connectivity index (χ2v) is 6.13. The lowest BCUT2D eigenvalue weighted by Gasteiger charge is -2.36. The van der Waals surface area contributed by atoms with Crippen LogP contribution in [0.3, 0.4) is 0 Å². The molecule has 0 aliphatic heterocycles. The first-order valence-electron chi connectivity index (χ1n) is 7.80. The third kappa shape index (κ3) is 2.78. The predicted molar refractivity (Wildman–Crippen MR) is 85.3 cm³/mol. The molecule has 3 nitrogen and oxygen atoms in total. The molecule has 1 saturated carbocycles. The van der Waals surface area contributed by atoms with E-state index in [2.05, 4.69) is 11.9 Å². The lowest BCUT2D eigenvalue weighted by molar-refractivity contribution is 0.0623. The Kier molecular flexibility index (Phi) is 3.91. The van der Waals surface area contributed by atoms with Crippen molar-refractivity contribution in [3.63, 3.8) is 0 Å². The molecule has 110 valence electrons. The van der Waals surface area contributed by atoms with Crippen LogP contribution in [0.15, 0.2) is 36.4 Å². The van der Waals surface area contributed by atoms with E-state index in [1.807, 2.05) is 48.3 Å². The van der Waals surface area contributed by atoms with E-state index in [0.717, 1.165) is 17.3 Å². The van der Waals surface area contributed by atoms with Crippen LogP contribution in [0.2, 0.25) is 0 Å². The summed E-state index contributed by atoms with van der Waals surface area (Å²) in [5, 5.41) is 1.07. The summed E-state index contributed by atoms with van der Waals surface area (Å²) in [5.41, 5.74) is 1.43. The number of rotatable bonds is 2. The highest BCUT2D eigenvalue weighted by Gasteiger charge is 2.28. The Hall–Kier alpha value is -1.90. The van der Waals surface area contributed by atoms with Gasteiger partial charge in [-0.15, -0.1) is 0 Å². The number of hydrogen-bond acceptors (Lipinski definition) is 2. The molecule has 21 heavy (non-hydrogen) atoms. The maximum atomic E-state index is 12.7. The number of fused-ring (bicyclic) bond motifs is 1. The van der Waals surface area contributed by atoms with Crippen LogP contribution in [0.5, 0.6) is 0 Å². The number of para-hydroxylation sites is 1. The van der Waals surface area contributed by atoms with Crippen LogP contribution in [0, 0.1) is 5.92 Å². The van der Waals surface area contributed by atoms with E-state index in [0.29, 0.717) is 17.7 Å². The first-order valence-corrected chi connectivity index (χ1v) is 7.80. The van der Waals surface area contributed by atoms with E-state index in [4.69, 9.17) is 0 Å². The molecule has 0 saturated heterocycles. The normalized spacial score (nSPS) is 22.2. The van der Waals surface area contributed by atoms with Crippen LogP contribution in [0.1, 0.15) is 43.1 Å². The summed E-state index contributed by atoms with van der Waals surface area (Å²) in [6.45, 7) is 2.25. The number of amides is 1. The van der Waals surface area contributed by atoms with Crippen LogP contribution in [0.25, 0.3) is 10.9 Å². The second-order valence-electron chi connectivity index (χ2n) is 6.13. The summed E-state index contributed by atoms with van der Waals surface area (Å²) >= 11 is 0. The lowest BCUT2D eigenvalue weighted by atomic mass is 9.85. The Morgan fingerprint density at radius 1 is 1.14 bits per heavy atom. The van der Waals surface area contributed by atoms with E-state index < -0.39 is 0 Å². The molecule has 1 aliphatic carbocycles. The second kappa shape index (κ2) is 5.84. The molecule has 1 heterocycles. The number of carbonyl (C=O) groups excluding carboxylic acids is 1. The van der Waals surface area contributed by atoms with Gasteiger partial charge in [0.05, 0.1) is 5.52 Å². The summed E-state index contributed by atoms with van der Waals surface area (Å²) in [7, 11) is 1.92. The maximum Gasteiger partial charge on any atom is 0.272 e. The molecule has 1 amide bonds. The fraction of sp³-hybridized carbons (Fsp3) is 0.444. The predicted octanol–water partition coefficient (Wildman–Crippen LogP) is 3.89. The molecule has 3 rings (SSSR count). The SMILES string of the molecule is CC1CCCCC1N(C)C(=O)c1ccc2ccccc2n1. The van der Waals surface area contributed by atoms with Crippen molar-refractivity contribution < 1.29 is 4.79 Å². The Labute approximate surface area is 126 Å². The molecular formula is C18H22N2O. The summed E-state index contributed by atoms with van der Waals surface area (Å²) in [5.74, 6) is 0.618. The van der Waals surface area contributed by atoms with Crippen LogP contribution < -0.4 is 0 Å². The minimum absolute atomic E-state index is 0.0412. The van der Waals surface area contributed by atoms with E-state index in [1.165, 1.54) is 19.3 Å². The zero-order chi connectivity index (χ0) is 14.8. The van der Waals surface area contributed by atoms with Gasteiger partial charge in [0.25, 0.3) is 5.91 Å². The average Bonchev–Trinajstić information content (AvgIpc) is 2.53. The minimum atomic E-state index is 0.0412. The molecule has 0 bridgehead atoms. The molecule has 0 N–H and O–H groups in total. The van der Waals surface area contributed by atoms with E-state index in [1.54, 1.807) is 0 Å². The molecule has 2 aromatic rings. The van der Waals surface area contributed by atoms with Crippen molar-refractivity contribution >= 4 is 16.8 Å². The Balaban J connectivity index is 1.85. The van der Waals surface area contributed by atoms with Gasteiger partial charge in [0.2, 0.25) is 0 Å². The summed E-state index contributed by atoms with van der Waals surface area (Å²) < 4.78 is 0. The number of hydrogen-bond donors (Lipinski definition) is 0. The molecule has 0 radical (unpaired) electrons. The maximum absolute atomic E-state index is 12.7. The van der Waals surface area contributed by atoms with Crippen LogP contribution in [0.4, 0.5) is 0 Å². The molecule has 2 unspecified atom stereocenters. The first-order chi connectivity index (χ1) is 10.2. The molecular weight excluding hydrogens is 260 g/mol. The van der Waals surface area contributed by atoms with Crippen LogP contribution >= 0.6 is 0 Å². The largest absolute Gasteiger partial charge is 0.337 e. The van der Waals surface area contributed by atoms with Gasteiger partial charge in [-0.2, -0.15) is 0 Å². The Morgan fingerprint density at radius 2 is 1.90 bits per heavy atom. The van der Waals surface area contributed by atoms with Crippen molar-refractivity contribution in [2.24, 2.45) is 5.92 Å². The monoisotopic (exact) mass is 282 g/mol. The average molecular weight is 282 g/mol. The number of nitrogens with zero attached hydrogens (tertiary/aromatic N) is 2. The lowest BCUT2D eigenvalue weighted by Crippen LogP contribution is -2.42. The number of benzene rings is 1. The van der Waals surface area contributed by atoms with Crippen molar-refractivity contribution in [1.82, 2.24) is 9.88 Å². The first kappa shape index (κ1) is 14.1. The molecule has 1 aromatic carbocycles. The topological polar surface area (TPSA) is 33.2 Å². The standard InChI is InChI=1S/C18H22N2O/c1-13-7-3-6-10-17(13)20(2)18(21)16-12-11-14-8-4-5-9-15(14)19-16/h4-5,8-9,11-13,17H,3,6-7,10H2,1-2H3. The third-order valence-electron chi connectivity index (χ3n) is 4.70. The third-order valence-corrected chi connectivity index (χ3v) is 4.70. The van der Waals surface area contributed by atoms with Crippen molar-refractivity contribution in [2.45, 2.75) is 38.6 Å². The fourth-order valence-electron chi connectivity index (χ4n) is 3.39. The van der Waals surface area contributed by atoms with Gasteiger partial charge in [0.15, 0.2) is 0 Å². The smallest absolute Gasteiger partial charge is 0.272 e. The van der Waals surface area contributed by atoms with Crippen molar-refractivity contribution in [3.8, 4) is 0 Å². The highest BCUT2D eigenvalue weighted by Crippen LogP contribution is 2.28. The number of carbonyl (C=O) groups is 1. The van der Waals surface area contributed by atoms with Crippen molar-refractivity contribution in [1.29, 1.82) is 0 Å². The van der Waals surface area contributed by atoms with Crippen molar-refractivity contribution in [2.75, 3.05) is 7.05 Å². The molecule has 3 heteroatoms. The molecule has 1 aromatic heterocycles. The van der Waals surface area contributed by atoms with Crippen molar-refractivity contribution in [3.05, 3.63) is 42.1 Å². The van der Waals surface area contributed by atoms with Gasteiger partial charge < -0.3 is 4.90 Å². The van der Waals surface area contributed by atoms with Gasteiger partial charge in [-0.1, -0.05) is 44.0 Å². The van der Waals surface area contributed by atoms with Gasteiger partial charge >= 0.3 is 0 Å². The van der Waals surface area contributed by atoms with Gasteiger partial charge in [0, 0.05) is 18.5 Å². The summed E-state index contributed by atoms with van der Waals surface area (Å²) in [6.07, 6.45) is 4.83. The Morgan fingerprint density at radius 3 is 2.71 bits per heavy atom. The number of pyridine rings is 1. The summed E-state index contributed by atoms with van der Waals surface area (Å²) in [4.78, 5) is 19.1. The molecule has 1 aliphatic rings. The van der Waals surface area contributed by atoms with Gasteiger partial charge in [-0.25, -0.2) is 4.98 Å². The molecule has 0 spiro atoms. The van der Waals surface area contributed by atoms with Crippen LogP contribution in [-0.4, -0.2) is 28.9 Å². The van der Waals surface area contributed by atoms with Gasteiger partial charge in [0.1, 0.15) is 5.69 Å². The van der Waals surface area contributed by atoms with E-state index >= 15 is 0 Å². The summed E-state index contributed by atoms with van der Waals surface area (Å²) in [6, 6.07) is 12.1. The number of aromatic nitrogens is 1. The van der Waals surface area contributed by atoms with E-state index in [-0.39, 0.29) is 5.91 Å². The fourth-order valence-corrected chi connectivity index (χ4v) is 3.39. The minimum Gasteiger partial charge on any atom is -0.337 e.